The Hall–Kier alpha value is -2.07. The molecule has 1 amide bonds. The van der Waals surface area contributed by atoms with Crippen molar-refractivity contribution in [1.29, 1.82) is 0 Å². The van der Waals surface area contributed by atoms with E-state index in [0.717, 1.165) is 0 Å². The first kappa shape index (κ1) is 14.3. The highest BCUT2D eigenvalue weighted by Gasteiger charge is 2.18. The normalized spacial score (nSPS) is 10.2. The molecular formula is C15H13ClFNO2. The summed E-state index contributed by atoms with van der Waals surface area (Å²) in [5, 5.41) is 0.446. The molecule has 5 heteroatoms. The second kappa shape index (κ2) is 5.92. The number of ether oxygens (including phenoxy) is 1. The van der Waals surface area contributed by atoms with E-state index in [1.165, 1.54) is 36.3 Å². The average molecular weight is 294 g/mol. The van der Waals surface area contributed by atoms with E-state index in [-0.39, 0.29) is 11.7 Å². The van der Waals surface area contributed by atoms with Crippen molar-refractivity contribution in [2.24, 2.45) is 0 Å². The molecule has 3 nitrogen and oxygen atoms in total. The number of benzene rings is 2. The monoisotopic (exact) mass is 293 g/mol. The minimum atomic E-state index is -0.352. The van der Waals surface area contributed by atoms with Crippen LogP contribution < -0.4 is 9.64 Å². The lowest BCUT2D eigenvalue weighted by atomic mass is 10.1. The lowest BCUT2D eigenvalue weighted by molar-refractivity contribution is 0.0990. The Morgan fingerprint density at radius 3 is 2.45 bits per heavy atom. The smallest absolute Gasteiger partial charge is 0.261 e. The van der Waals surface area contributed by atoms with Gasteiger partial charge in [-0.1, -0.05) is 11.6 Å². The lowest BCUT2D eigenvalue weighted by Gasteiger charge is -2.19. The van der Waals surface area contributed by atoms with Crippen LogP contribution in [0.15, 0.2) is 42.5 Å². The van der Waals surface area contributed by atoms with E-state index in [1.54, 1.807) is 25.2 Å². The molecule has 0 aromatic heterocycles. The van der Waals surface area contributed by atoms with Crippen LogP contribution in [0, 0.1) is 5.82 Å². The number of amides is 1. The van der Waals surface area contributed by atoms with E-state index in [1.807, 2.05) is 0 Å². The number of carbonyl (C=O) groups excluding carboxylic acids is 1. The number of rotatable bonds is 3. The van der Waals surface area contributed by atoms with Crippen molar-refractivity contribution in [3.8, 4) is 5.75 Å². The van der Waals surface area contributed by atoms with Gasteiger partial charge in [0.2, 0.25) is 0 Å². The van der Waals surface area contributed by atoms with E-state index >= 15 is 0 Å². The van der Waals surface area contributed by atoms with Gasteiger partial charge in [-0.25, -0.2) is 4.39 Å². The van der Waals surface area contributed by atoms with E-state index in [2.05, 4.69) is 0 Å². The fourth-order valence-corrected chi connectivity index (χ4v) is 1.98. The Morgan fingerprint density at radius 1 is 1.20 bits per heavy atom. The van der Waals surface area contributed by atoms with Crippen LogP contribution in [-0.4, -0.2) is 20.1 Å². The van der Waals surface area contributed by atoms with Gasteiger partial charge in [-0.3, -0.25) is 4.79 Å². The minimum absolute atomic E-state index is 0.282. The summed E-state index contributed by atoms with van der Waals surface area (Å²) in [6.45, 7) is 0. The summed E-state index contributed by atoms with van der Waals surface area (Å²) < 4.78 is 18.1. The van der Waals surface area contributed by atoms with Gasteiger partial charge in [0.05, 0.1) is 12.7 Å². The number of nitrogens with zero attached hydrogens (tertiary/aromatic N) is 1. The minimum Gasteiger partial charge on any atom is -0.496 e. The van der Waals surface area contributed by atoms with Crippen molar-refractivity contribution >= 4 is 23.2 Å². The molecule has 0 radical (unpaired) electrons. The molecule has 0 atom stereocenters. The molecule has 0 spiro atoms. The van der Waals surface area contributed by atoms with E-state index in [0.29, 0.717) is 22.0 Å². The highest BCUT2D eigenvalue weighted by molar-refractivity contribution is 6.31. The Labute approximate surface area is 121 Å². The summed E-state index contributed by atoms with van der Waals surface area (Å²) in [4.78, 5) is 13.9. The molecule has 0 N–H and O–H groups in total. The van der Waals surface area contributed by atoms with E-state index in [9.17, 15) is 9.18 Å². The summed E-state index contributed by atoms with van der Waals surface area (Å²) in [7, 11) is 3.09. The molecule has 2 aromatic carbocycles. The number of carbonyl (C=O) groups is 1. The zero-order valence-corrected chi connectivity index (χ0v) is 11.8. The Kier molecular flexibility index (Phi) is 4.25. The van der Waals surface area contributed by atoms with Crippen LogP contribution in [0.3, 0.4) is 0 Å². The molecule has 104 valence electrons. The number of methoxy groups -OCH3 is 1. The molecule has 0 unspecified atom stereocenters. The van der Waals surface area contributed by atoms with Gasteiger partial charge < -0.3 is 9.64 Å². The third-order valence-corrected chi connectivity index (χ3v) is 3.15. The second-order valence-electron chi connectivity index (χ2n) is 4.19. The topological polar surface area (TPSA) is 29.5 Å². The summed E-state index contributed by atoms with van der Waals surface area (Å²) in [6, 6.07) is 10.5. The summed E-state index contributed by atoms with van der Waals surface area (Å²) >= 11 is 5.91. The van der Waals surface area contributed by atoms with Crippen molar-refractivity contribution in [2.75, 3.05) is 19.1 Å². The molecule has 0 bridgehead atoms. The molecule has 2 rings (SSSR count). The molecule has 0 heterocycles. The number of halogens is 2. The fourth-order valence-electron chi connectivity index (χ4n) is 1.81. The van der Waals surface area contributed by atoms with Gasteiger partial charge in [-0.05, 0) is 42.5 Å². The van der Waals surface area contributed by atoms with E-state index in [4.69, 9.17) is 16.3 Å². The van der Waals surface area contributed by atoms with Gasteiger partial charge in [-0.2, -0.15) is 0 Å². The van der Waals surface area contributed by atoms with Crippen molar-refractivity contribution in [1.82, 2.24) is 0 Å². The molecule has 0 aliphatic heterocycles. The Balaban J connectivity index is 2.35. The molecule has 0 saturated carbocycles. The van der Waals surface area contributed by atoms with Crippen molar-refractivity contribution in [3.63, 3.8) is 0 Å². The molecule has 0 fully saturated rings. The highest BCUT2D eigenvalue weighted by Crippen LogP contribution is 2.25. The predicted octanol–water partition coefficient (Wildman–Crippen LogP) is 3.76. The molecule has 0 saturated heterocycles. The van der Waals surface area contributed by atoms with Crippen molar-refractivity contribution in [2.45, 2.75) is 0 Å². The Bertz CT molecular complexity index is 628. The van der Waals surface area contributed by atoms with Crippen LogP contribution in [0.1, 0.15) is 10.4 Å². The maximum absolute atomic E-state index is 12.9. The maximum atomic E-state index is 12.9. The standard InChI is InChI=1S/C15H13ClFNO2/c1-18(12-6-4-11(17)5-7-12)15(19)13-9-10(16)3-8-14(13)20-2/h3-9H,1-2H3. The zero-order valence-electron chi connectivity index (χ0n) is 11.1. The van der Waals surface area contributed by atoms with Gasteiger partial charge in [-0.15, -0.1) is 0 Å². The van der Waals surface area contributed by atoms with Crippen LogP contribution in [0.4, 0.5) is 10.1 Å². The highest BCUT2D eigenvalue weighted by atomic mass is 35.5. The molecule has 0 aliphatic carbocycles. The maximum Gasteiger partial charge on any atom is 0.261 e. The first-order valence-electron chi connectivity index (χ1n) is 5.90. The van der Waals surface area contributed by atoms with Gasteiger partial charge in [0.1, 0.15) is 11.6 Å². The van der Waals surface area contributed by atoms with Crippen LogP contribution in [0.25, 0.3) is 0 Å². The molecule has 2 aromatic rings. The van der Waals surface area contributed by atoms with Crippen LogP contribution in [-0.2, 0) is 0 Å². The fraction of sp³-hybridized carbons (Fsp3) is 0.133. The van der Waals surface area contributed by atoms with Crippen LogP contribution in [0.2, 0.25) is 5.02 Å². The molecule has 20 heavy (non-hydrogen) atoms. The second-order valence-corrected chi connectivity index (χ2v) is 4.62. The van der Waals surface area contributed by atoms with E-state index < -0.39 is 0 Å². The summed E-state index contributed by atoms with van der Waals surface area (Å²) in [6.07, 6.45) is 0. The third-order valence-electron chi connectivity index (χ3n) is 2.91. The predicted molar refractivity (Wildman–Crippen MR) is 77.1 cm³/mol. The summed E-state index contributed by atoms with van der Waals surface area (Å²) in [5.41, 5.74) is 0.935. The number of hydrogen-bond acceptors (Lipinski definition) is 2. The van der Waals surface area contributed by atoms with Crippen molar-refractivity contribution < 1.29 is 13.9 Å². The van der Waals surface area contributed by atoms with Gasteiger partial charge in [0.15, 0.2) is 0 Å². The number of anilines is 1. The first-order valence-corrected chi connectivity index (χ1v) is 6.28. The van der Waals surface area contributed by atoms with Gasteiger partial charge >= 0.3 is 0 Å². The molecular weight excluding hydrogens is 281 g/mol. The first-order chi connectivity index (χ1) is 9.52. The van der Waals surface area contributed by atoms with Crippen molar-refractivity contribution in [3.05, 3.63) is 58.9 Å². The summed E-state index contributed by atoms with van der Waals surface area (Å²) in [5.74, 6) is -0.195. The average Bonchev–Trinajstić information content (AvgIpc) is 2.46. The molecule has 0 aliphatic rings. The van der Waals surface area contributed by atoms with Crippen LogP contribution >= 0.6 is 11.6 Å². The van der Waals surface area contributed by atoms with Crippen LogP contribution in [0.5, 0.6) is 5.75 Å². The quantitative estimate of drug-likeness (QED) is 0.862. The van der Waals surface area contributed by atoms with Gasteiger partial charge in [0, 0.05) is 17.8 Å². The zero-order chi connectivity index (χ0) is 14.7. The Morgan fingerprint density at radius 2 is 1.85 bits per heavy atom. The van der Waals surface area contributed by atoms with Gasteiger partial charge in [0.25, 0.3) is 5.91 Å². The lowest BCUT2D eigenvalue weighted by Crippen LogP contribution is -2.26. The largest absolute Gasteiger partial charge is 0.496 e. The number of hydrogen-bond donors (Lipinski definition) is 0. The third kappa shape index (κ3) is 2.91. The SMILES string of the molecule is COc1ccc(Cl)cc1C(=O)N(C)c1ccc(F)cc1.